The summed E-state index contributed by atoms with van der Waals surface area (Å²) < 4.78 is 5.65. The molecule has 1 heterocycles. The maximum absolute atomic E-state index is 9.49. The Hall–Kier alpha value is -1.87. The van der Waals surface area contributed by atoms with Gasteiger partial charge in [-0.2, -0.15) is 0 Å². The van der Waals surface area contributed by atoms with Crippen molar-refractivity contribution in [2.24, 2.45) is 0 Å². The van der Waals surface area contributed by atoms with Crippen LogP contribution in [-0.4, -0.2) is 16.7 Å². The van der Waals surface area contributed by atoms with E-state index in [4.69, 9.17) is 4.74 Å². The quantitative estimate of drug-likeness (QED) is 0.878. The van der Waals surface area contributed by atoms with Gasteiger partial charge in [-0.15, -0.1) is 0 Å². The minimum Gasteiger partial charge on any atom is -0.493 e. The number of hydrogen-bond acceptors (Lipinski definition) is 3. The van der Waals surface area contributed by atoms with Gasteiger partial charge in [0.1, 0.15) is 5.75 Å². The number of benzene rings is 1. The van der Waals surface area contributed by atoms with E-state index in [0.29, 0.717) is 6.61 Å². The molecule has 0 aliphatic carbocycles. The van der Waals surface area contributed by atoms with Gasteiger partial charge in [0.25, 0.3) is 0 Å². The zero-order valence-electron chi connectivity index (χ0n) is 10.4. The molecule has 2 aromatic rings. The van der Waals surface area contributed by atoms with Crippen LogP contribution < -0.4 is 4.74 Å². The molecule has 0 spiro atoms. The summed E-state index contributed by atoms with van der Waals surface area (Å²) in [5.74, 6) is 0.782. The van der Waals surface area contributed by atoms with E-state index >= 15 is 0 Å². The Morgan fingerprint density at radius 3 is 2.83 bits per heavy atom. The van der Waals surface area contributed by atoms with Crippen LogP contribution in [0.5, 0.6) is 5.75 Å². The van der Waals surface area contributed by atoms with E-state index < -0.39 is 6.10 Å². The highest BCUT2D eigenvalue weighted by Crippen LogP contribution is 2.18. The Labute approximate surface area is 107 Å². The topological polar surface area (TPSA) is 42.4 Å². The molecule has 94 valence electrons. The van der Waals surface area contributed by atoms with Gasteiger partial charge in [0.05, 0.1) is 12.7 Å². The van der Waals surface area contributed by atoms with Crippen molar-refractivity contribution in [3.05, 3.63) is 59.9 Å². The van der Waals surface area contributed by atoms with Crippen molar-refractivity contribution in [1.82, 2.24) is 4.98 Å². The second-order valence-corrected chi connectivity index (χ2v) is 4.17. The van der Waals surface area contributed by atoms with Crippen LogP contribution in [0.1, 0.15) is 24.3 Å². The molecule has 0 aliphatic heterocycles. The van der Waals surface area contributed by atoms with Gasteiger partial charge >= 0.3 is 0 Å². The number of ether oxygens (including phenoxy) is 1. The van der Waals surface area contributed by atoms with Crippen LogP contribution in [0, 0.1) is 0 Å². The first-order valence-corrected chi connectivity index (χ1v) is 6.06. The minimum absolute atomic E-state index is 0.468. The zero-order valence-corrected chi connectivity index (χ0v) is 10.4. The number of pyridine rings is 1. The van der Waals surface area contributed by atoms with Crippen molar-refractivity contribution < 1.29 is 9.84 Å². The summed E-state index contributed by atoms with van der Waals surface area (Å²) in [5, 5.41) is 9.49. The molecular weight excluding hydrogens is 226 g/mol. The fourth-order valence-corrected chi connectivity index (χ4v) is 1.68. The van der Waals surface area contributed by atoms with Crippen molar-refractivity contribution in [2.75, 3.05) is 6.61 Å². The number of nitrogens with zero attached hydrogens (tertiary/aromatic N) is 1. The van der Waals surface area contributed by atoms with Crippen LogP contribution in [0.25, 0.3) is 0 Å². The molecule has 0 bridgehead atoms. The van der Waals surface area contributed by atoms with Crippen LogP contribution in [-0.2, 0) is 6.42 Å². The Kier molecular flexibility index (Phi) is 4.31. The number of aliphatic hydroxyl groups excluding tert-OH is 1. The van der Waals surface area contributed by atoms with Crippen molar-refractivity contribution in [3.63, 3.8) is 0 Å². The Bertz CT molecular complexity index is 483. The lowest BCUT2D eigenvalue weighted by atomic mass is 10.1. The first kappa shape index (κ1) is 12.6. The molecular formula is C15H17NO2. The maximum atomic E-state index is 9.49. The third kappa shape index (κ3) is 3.57. The second kappa shape index (κ2) is 6.17. The fraction of sp³-hybridized carbons (Fsp3) is 0.267. The summed E-state index contributed by atoms with van der Waals surface area (Å²) in [6, 6.07) is 13.4. The average molecular weight is 243 g/mol. The molecule has 1 unspecified atom stereocenters. The predicted octanol–water partition coefficient (Wildman–Crippen LogP) is 2.76. The molecule has 0 saturated heterocycles. The van der Waals surface area contributed by atoms with Crippen LogP contribution in [0.15, 0.2) is 48.7 Å². The standard InChI is InChI=1S/C15H17NO2/c1-12(17)13-5-4-7-15(11-13)18-10-8-14-6-2-3-9-16-14/h2-7,9,11-12,17H,8,10H2,1H3. The minimum atomic E-state index is -0.468. The van der Waals surface area contributed by atoms with E-state index in [9.17, 15) is 5.11 Å². The lowest BCUT2D eigenvalue weighted by Crippen LogP contribution is -2.03. The van der Waals surface area contributed by atoms with Gasteiger partial charge < -0.3 is 9.84 Å². The Balaban J connectivity index is 1.89. The molecule has 1 atom stereocenters. The Morgan fingerprint density at radius 2 is 2.11 bits per heavy atom. The highest BCUT2D eigenvalue weighted by atomic mass is 16.5. The molecule has 1 aromatic carbocycles. The molecule has 0 aliphatic rings. The molecule has 0 saturated carbocycles. The number of aliphatic hydroxyl groups is 1. The van der Waals surface area contributed by atoms with Crippen LogP contribution in [0.4, 0.5) is 0 Å². The lowest BCUT2D eigenvalue weighted by Gasteiger charge is -2.09. The van der Waals surface area contributed by atoms with Crippen LogP contribution >= 0.6 is 0 Å². The van der Waals surface area contributed by atoms with E-state index in [2.05, 4.69) is 4.98 Å². The number of hydrogen-bond donors (Lipinski definition) is 1. The maximum Gasteiger partial charge on any atom is 0.119 e. The summed E-state index contributed by atoms with van der Waals surface area (Å²) in [4.78, 5) is 4.24. The van der Waals surface area contributed by atoms with Crippen LogP contribution in [0.2, 0.25) is 0 Å². The lowest BCUT2D eigenvalue weighted by molar-refractivity contribution is 0.198. The predicted molar refractivity (Wildman–Crippen MR) is 70.5 cm³/mol. The normalized spacial score (nSPS) is 12.1. The van der Waals surface area contributed by atoms with Crippen LogP contribution in [0.3, 0.4) is 0 Å². The van der Waals surface area contributed by atoms with Gasteiger partial charge in [-0.3, -0.25) is 4.98 Å². The zero-order chi connectivity index (χ0) is 12.8. The molecule has 0 radical (unpaired) electrons. The average Bonchev–Trinajstić information content (AvgIpc) is 2.40. The molecule has 1 N–H and O–H groups in total. The van der Waals surface area contributed by atoms with E-state index in [0.717, 1.165) is 23.4 Å². The third-order valence-electron chi connectivity index (χ3n) is 2.69. The number of rotatable bonds is 5. The molecule has 0 fully saturated rings. The molecule has 18 heavy (non-hydrogen) atoms. The molecule has 1 aromatic heterocycles. The first-order chi connectivity index (χ1) is 8.75. The van der Waals surface area contributed by atoms with E-state index in [1.807, 2.05) is 42.5 Å². The van der Waals surface area contributed by atoms with Gasteiger partial charge in [-0.25, -0.2) is 0 Å². The molecule has 3 nitrogen and oxygen atoms in total. The second-order valence-electron chi connectivity index (χ2n) is 4.17. The first-order valence-electron chi connectivity index (χ1n) is 6.06. The number of aromatic nitrogens is 1. The van der Waals surface area contributed by atoms with Crippen molar-refractivity contribution >= 4 is 0 Å². The molecule has 0 amide bonds. The Morgan fingerprint density at radius 1 is 1.22 bits per heavy atom. The SMILES string of the molecule is CC(O)c1cccc(OCCc2ccccn2)c1. The van der Waals surface area contributed by atoms with Crippen molar-refractivity contribution in [2.45, 2.75) is 19.4 Å². The van der Waals surface area contributed by atoms with Crippen molar-refractivity contribution in [1.29, 1.82) is 0 Å². The fourth-order valence-electron chi connectivity index (χ4n) is 1.68. The van der Waals surface area contributed by atoms with Gasteiger partial charge in [-0.05, 0) is 36.8 Å². The van der Waals surface area contributed by atoms with E-state index in [-0.39, 0.29) is 0 Å². The highest BCUT2D eigenvalue weighted by molar-refractivity contribution is 5.29. The van der Waals surface area contributed by atoms with E-state index in [1.165, 1.54) is 0 Å². The van der Waals surface area contributed by atoms with E-state index in [1.54, 1.807) is 13.1 Å². The smallest absolute Gasteiger partial charge is 0.119 e. The monoisotopic (exact) mass is 243 g/mol. The summed E-state index contributed by atoms with van der Waals surface area (Å²) in [6.45, 7) is 2.33. The largest absolute Gasteiger partial charge is 0.493 e. The van der Waals surface area contributed by atoms with Gasteiger partial charge in [0.15, 0.2) is 0 Å². The summed E-state index contributed by atoms with van der Waals surface area (Å²) in [7, 11) is 0. The third-order valence-corrected chi connectivity index (χ3v) is 2.69. The molecule has 3 heteroatoms. The highest BCUT2D eigenvalue weighted by Gasteiger charge is 2.02. The van der Waals surface area contributed by atoms with Gasteiger partial charge in [-0.1, -0.05) is 18.2 Å². The van der Waals surface area contributed by atoms with Gasteiger partial charge in [0.2, 0.25) is 0 Å². The molecule has 2 rings (SSSR count). The van der Waals surface area contributed by atoms with Crippen molar-refractivity contribution in [3.8, 4) is 5.75 Å². The van der Waals surface area contributed by atoms with Gasteiger partial charge in [0, 0.05) is 18.3 Å². The summed E-state index contributed by atoms with van der Waals surface area (Å²) in [5.41, 5.74) is 1.88. The summed E-state index contributed by atoms with van der Waals surface area (Å²) >= 11 is 0. The summed E-state index contributed by atoms with van der Waals surface area (Å²) in [6.07, 6.45) is 2.09.